The van der Waals surface area contributed by atoms with Crippen molar-refractivity contribution in [3.63, 3.8) is 0 Å². The van der Waals surface area contributed by atoms with Crippen LogP contribution in [-0.4, -0.2) is 35.3 Å². The van der Waals surface area contributed by atoms with Crippen LogP contribution in [0.25, 0.3) is 0 Å². The molecule has 138 valence electrons. The molecule has 0 aliphatic rings. The molecule has 6 heteroatoms. The quantitative estimate of drug-likeness (QED) is 0.807. The number of carbonyl (C=O) groups is 2. The number of rotatable bonds is 4. The van der Waals surface area contributed by atoms with Gasteiger partial charge in [0, 0.05) is 24.7 Å². The van der Waals surface area contributed by atoms with Crippen molar-refractivity contribution in [2.75, 3.05) is 18.9 Å². The Morgan fingerprint density at radius 3 is 2.46 bits per heavy atom. The third kappa shape index (κ3) is 5.30. The Kier molecular flexibility index (Phi) is 6.03. The molecule has 1 N–H and O–H groups in total. The fourth-order valence-corrected chi connectivity index (χ4v) is 2.73. The van der Waals surface area contributed by atoms with Crippen LogP contribution in [0.15, 0.2) is 36.5 Å². The second kappa shape index (κ2) is 7.87. The minimum Gasteiger partial charge on any atom is -0.341 e. The van der Waals surface area contributed by atoms with Crippen LogP contribution in [0.2, 0.25) is 5.15 Å². The number of nitrogens with one attached hydrogen (secondary N) is 1. The fraction of sp³-hybridized carbons (Fsp3) is 0.350. The third-order valence-corrected chi connectivity index (χ3v) is 4.10. The molecule has 0 bridgehead atoms. The summed E-state index contributed by atoms with van der Waals surface area (Å²) in [5, 5.41) is 3.18. The molecule has 0 radical (unpaired) electrons. The molecule has 2 aromatic rings. The molecule has 0 spiro atoms. The maximum absolute atomic E-state index is 12.6. The van der Waals surface area contributed by atoms with E-state index < -0.39 is 0 Å². The van der Waals surface area contributed by atoms with Gasteiger partial charge in [-0.1, -0.05) is 38.4 Å². The number of amides is 2. The molecule has 0 aliphatic heterocycles. The SMILES string of the molecule is Cc1cc(NC(=O)c2cccc(C(=O)N(C)CC(C)(C)C)c2)cnc1Cl. The van der Waals surface area contributed by atoms with Crippen molar-refractivity contribution in [2.45, 2.75) is 27.7 Å². The molecule has 1 aromatic heterocycles. The van der Waals surface area contributed by atoms with Crippen molar-refractivity contribution in [3.8, 4) is 0 Å². The van der Waals surface area contributed by atoms with Gasteiger partial charge in [0.2, 0.25) is 0 Å². The van der Waals surface area contributed by atoms with Crippen LogP contribution in [0, 0.1) is 12.3 Å². The van der Waals surface area contributed by atoms with Crippen LogP contribution in [0.3, 0.4) is 0 Å². The number of hydrogen-bond acceptors (Lipinski definition) is 3. The van der Waals surface area contributed by atoms with Crippen molar-refractivity contribution in [3.05, 3.63) is 58.4 Å². The summed E-state index contributed by atoms with van der Waals surface area (Å²) in [5.74, 6) is -0.416. The monoisotopic (exact) mass is 373 g/mol. The normalized spacial score (nSPS) is 11.2. The molecule has 1 aromatic carbocycles. The molecule has 0 fully saturated rings. The molecule has 0 aliphatic carbocycles. The minimum atomic E-state index is -0.304. The molecule has 2 rings (SSSR count). The Morgan fingerprint density at radius 1 is 1.19 bits per heavy atom. The Labute approximate surface area is 159 Å². The Bertz CT molecular complexity index is 828. The van der Waals surface area contributed by atoms with Crippen LogP contribution >= 0.6 is 11.6 Å². The smallest absolute Gasteiger partial charge is 0.255 e. The van der Waals surface area contributed by atoms with Crippen molar-refractivity contribution in [1.29, 1.82) is 0 Å². The topological polar surface area (TPSA) is 62.3 Å². The number of pyridine rings is 1. The molecule has 0 saturated heterocycles. The first-order valence-electron chi connectivity index (χ1n) is 8.36. The van der Waals surface area contributed by atoms with Crippen LogP contribution in [-0.2, 0) is 0 Å². The summed E-state index contributed by atoms with van der Waals surface area (Å²) in [7, 11) is 1.77. The van der Waals surface area contributed by atoms with Gasteiger partial charge < -0.3 is 10.2 Å². The third-order valence-electron chi connectivity index (χ3n) is 3.70. The van der Waals surface area contributed by atoms with Gasteiger partial charge in [0.05, 0.1) is 11.9 Å². The van der Waals surface area contributed by atoms with E-state index in [2.05, 4.69) is 31.1 Å². The van der Waals surface area contributed by atoms with Gasteiger partial charge in [0.15, 0.2) is 0 Å². The van der Waals surface area contributed by atoms with Crippen LogP contribution < -0.4 is 5.32 Å². The lowest BCUT2D eigenvalue weighted by Gasteiger charge is -2.26. The van der Waals surface area contributed by atoms with E-state index in [1.165, 1.54) is 6.20 Å². The summed E-state index contributed by atoms with van der Waals surface area (Å²) < 4.78 is 0. The van der Waals surface area contributed by atoms with Gasteiger partial charge in [-0.2, -0.15) is 0 Å². The molecular formula is C20H24ClN3O2. The predicted molar refractivity (Wildman–Crippen MR) is 105 cm³/mol. The Morgan fingerprint density at radius 2 is 1.85 bits per heavy atom. The lowest BCUT2D eigenvalue weighted by molar-refractivity contribution is 0.0745. The summed E-state index contributed by atoms with van der Waals surface area (Å²) in [6.07, 6.45) is 1.50. The lowest BCUT2D eigenvalue weighted by atomic mass is 9.96. The zero-order chi connectivity index (χ0) is 19.5. The zero-order valence-electron chi connectivity index (χ0n) is 15.8. The number of aryl methyl sites for hydroxylation is 1. The van der Waals surface area contributed by atoms with Crippen molar-refractivity contribution in [1.82, 2.24) is 9.88 Å². The van der Waals surface area contributed by atoms with Crippen LogP contribution in [0.1, 0.15) is 47.1 Å². The van der Waals surface area contributed by atoms with E-state index in [9.17, 15) is 9.59 Å². The molecular weight excluding hydrogens is 350 g/mol. The number of aromatic nitrogens is 1. The second-order valence-electron chi connectivity index (χ2n) is 7.59. The van der Waals surface area contributed by atoms with Gasteiger partial charge in [-0.25, -0.2) is 4.98 Å². The molecule has 2 amide bonds. The van der Waals surface area contributed by atoms with E-state index in [-0.39, 0.29) is 17.2 Å². The van der Waals surface area contributed by atoms with Gasteiger partial charge in [-0.05, 0) is 42.2 Å². The highest BCUT2D eigenvalue weighted by Gasteiger charge is 2.19. The standard InChI is InChI=1S/C20H24ClN3O2/c1-13-9-16(11-22-17(13)21)23-18(25)14-7-6-8-15(10-14)19(26)24(5)12-20(2,3)4/h6-11H,12H2,1-5H3,(H,23,25). The lowest BCUT2D eigenvalue weighted by Crippen LogP contribution is -2.34. The number of anilines is 1. The molecule has 26 heavy (non-hydrogen) atoms. The van der Waals surface area contributed by atoms with Gasteiger partial charge >= 0.3 is 0 Å². The summed E-state index contributed by atoms with van der Waals surface area (Å²) >= 11 is 5.90. The Hall–Kier alpha value is -2.40. The highest BCUT2D eigenvalue weighted by molar-refractivity contribution is 6.30. The summed E-state index contributed by atoms with van der Waals surface area (Å²) in [6.45, 7) is 8.65. The van der Waals surface area contributed by atoms with Crippen molar-refractivity contribution in [2.24, 2.45) is 5.41 Å². The van der Waals surface area contributed by atoms with Crippen molar-refractivity contribution >= 4 is 29.1 Å². The van der Waals surface area contributed by atoms with Gasteiger partial charge in [0.1, 0.15) is 5.15 Å². The van der Waals surface area contributed by atoms with E-state index in [0.717, 1.165) is 5.56 Å². The predicted octanol–water partition coefficient (Wildman–Crippen LogP) is 4.41. The largest absolute Gasteiger partial charge is 0.341 e. The van der Waals surface area contributed by atoms with E-state index in [4.69, 9.17) is 11.6 Å². The number of carbonyl (C=O) groups excluding carboxylic acids is 2. The maximum atomic E-state index is 12.6. The number of hydrogen-bond donors (Lipinski definition) is 1. The molecule has 0 saturated carbocycles. The van der Waals surface area contributed by atoms with E-state index in [1.54, 1.807) is 42.3 Å². The van der Waals surface area contributed by atoms with E-state index in [0.29, 0.717) is 28.5 Å². The van der Waals surface area contributed by atoms with E-state index in [1.807, 2.05) is 6.92 Å². The first kappa shape index (κ1) is 19.9. The highest BCUT2D eigenvalue weighted by Crippen LogP contribution is 2.18. The summed E-state index contributed by atoms with van der Waals surface area (Å²) in [4.78, 5) is 30.8. The van der Waals surface area contributed by atoms with Gasteiger partial charge in [-0.15, -0.1) is 0 Å². The number of benzene rings is 1. The summed E-state index contributed by atoms with van der Waals surface area (Å²) in [5.41, 5.74) is 2.22. The number of nitrogens with zero attached hydrogens (tertiary/aromatic N) is 2. The van der Waals surface area contributed by atoms with Gasteiger partial charge in [0.25, 0.3) is 11.8 Å². The van der Waals surface area contributed by atoms with Crippen molar-refractivity contribution < 1.29 is 9.59 Å². The first-order chi connectivity index (χ1) is 12.1. The molecule has 0 unspecified atom stereocenters. The van der Waals surface area contributed by atoms with Gasteiger partial charge in [-0.3, -0.25) is 9.59 Å². The highest BCUT2D eigenvalue weighted by atomic mass is 35.5. The van der Waals surface area contributed by atoms with Crippen LogP contribution in [0.4, 0.5) is 5.69 Å². The minimum absolute atomic E-state index is 0.00115. The molecule has 5 nitrogen and oxygen atoms in total. The number of halogens is 1. The van der Waals surface area contributed by atoms with Crippen LogP contribution in [0.5, 0.6) is 0 Å². The average Bonchev–Trinajstić information content (AvgIpc) is 2.56. The second-order valence-corrected chi connectivity index (χ2v) is 7.95. The molecule has 0 atom stereocenters. The Balaban J connectivity index is 2.16. The average molecular weight is 374 g/mol. The molecule has 1 heterocycles. The van der Waals surface area contributed by atoms with E-state index >= 15 is 0 Å². The first-order valence-corrected chi connectivity index (χ1v) is 8.73. The summed E-state index contributed by atoms with van der Waals surface area (Å²) in [6, 6.07) is 8.45. The maximum Gasteiger partial charge on any atom is 0.255 e. The fourth-order valence-electron chi connectivity index (χ4n) is 2.63. The zero-order valence-corrected chi connectivity index (χ0v) is 16.5.